The Balaban J connectivity index is 2.35. The van der Waals surface area contributed by atoms with Crippen molar-refractivity contribution in [2.24, 2.45) is 0 Å². The van der Waals surface area contributed by atoms with Gasteiger partial charge in [-0.3, -0.25) is 10.1 Å². The van der Waals surface area contributed by atoms with Crippen molar-refractivity contribution in [2.45, 2.75) is 6.92 Å². The van der Waals surface area contributed by atoms with Gasteiger partial charge in [-0.1, -0.05) is 6.07 Å². The smallest absolute Gasteiger partial charge is 0.276 e. The van der Waals surface area contributed by atoms with Gasteiger partial charge in [0.25, 0.3) is 5.69 Å². The number of benzene rings is 1. The summed E-state index contributed by atoms with van der Waals surface area (Å²) in [5.41, 5.74) is 6.58. The number of nitrogens with zero attached hydrogens (tertiary/aromatic N) is 2. The second kappa shape index (κ2) is 4.70. The Morgan fingerprint density at radius 3 is 2.83 bits per heavy atom. The maximum atomic E-state index is 10.8. The maximum Gasteiger partial charge on any atom is 0.276 e. The molecule has 2 rings (SSSR count). The third kappa shape index (κ3) is 2.37. The van der Waals surface area contributed by atoms with Crippen LogP contribution in [0.2, 0.25) is 0 Å². The first-order chi connectivity index (χ1) is 8.58. The molecule has 2 aromatic rings. The Morgan fingerprint density at radius 1 is 1.39 bits per heavy atom. The van der Waals surface area contributed by atoms with Gasteiger partial charge >= 0.3 is 0 Å². The number of nitro benzene ring substituents is 1. The average molecular weight is 245 g/mol. The molecule has 18 heavy (non-hydrogen) atoms. The zero-order valence-corrected chi connectivity index (χ0v) is 9.66. The summed E-state index contributed by atoms with van der Waals surface area (Å²) in [5.74, 6) is 0.695. The molecule has 0 bridgehead atoms. The van der Waals surface area contributed by atoms with Gasteiger partial charge in [0.2, 0.25) is 5.88 Å². The highest BCUT2D eigenvalue weighted by Gasteiger charge is 2.14. The number of nitrogen functional groups attached to an aromatic ring is 1. The molecule has 0 aliphatic heterocycles. The lowest BCUT2D eigenvalue weighted by Crippen LogP contribution is -1.96. The van der Waals surface area contributed by atoms with Crippen LogP contribution in [0.3, 0.4) is 0 Å². The Labute approximate surface area is 103 Å². The number of hydrogen-bond donors (Lipinski definition) is 1. The summed E-state index contributed by atoms with van der Waals surface area (Å²) in [4.78, 5) is 14.3. The van der Waals surface area contributed by atoms with E-state index in [4.69, 9.17) is 10.5 Å². The van der Waals surface area contributed by atoms with Crippen molar-refractivity contribution in [2.75, 3.05) is 5.73 Å². The highest BCUT2D eigenvalue weighted by atomic mass is 16.6. The van der Waals surface area contributed by atoms with Crippen molar-refractivity contribution in [1.82, 2.24) is 4.98 Å². The van der Waals surface area contributed by atoms with Crippen LogP contribution in [0.15, 0.2) is 36.5 Å². The minimum absolute atomic E-state index is 0.0106. The van der Waals surface area contributed by atoms with Crippen LogP contribution in [0, 0.1) is 17.0 Å². The van der Waals surface area contributed by atoms with Gasteiger partial charge in [-0.2, -0.15) is 0 Å². The summed E-state index contributed by atoms with van der Waals surface area (Å²) in [6.45, 7) is 1.62. The van der Waals surface area contributed by atoms with Crippen molar-refractivity contribution in [3.05, 3.63) is 52.2 Å². The molecule has 0 saturated carbocycles. The monoisotopic (exact) mass is 245 g/mol. The Bertz CT molecular complexity index is 599. The topological polar surface area (TPSA) is 91.3 Å². The minimum atomic E-state index is -0.449. The number of pyridine rings is 1. The first-order valence-electron chi connectivity index (χ1n) is 5.21. The van der Waals surface area contributed by atoms with E-state index in [9.17, 15) is 10.1 Å². The third-order valence-corrected chi connectivity index (χ3v) is 2.43. The van der Waals surface area contributed by atoms with Crippen LogP contribution in [-0.4, -0.2) is 9.91 Å². The molecule has 6 heteroatoms. The number of rotatable bonds is 3. The molecule has 2 N–H and O–H groups in total. The van der Waals surface area contributed by atoms with E-state index in [-0.39, 0.29) is 5.69 Å². The quantitative estimate of drug-likeness (QED) is 0.663. The maximum absolute atomic E-state index is 10.8. The summed E-state index contributed by atoms with van der Waals surface area (Å²) < 4.78 is 5.49. The standard InChI is InChI=1S/C12H11N3O3/c1-8-10(15(16)17)3-2-4-11(8)18-12-7-9(13)5-6-14-12/h2-7H,1H3,(H2,13,14). The molecule has 1 heterocycles. The van der Waals surface area contributed by atoms with Crippen LogP contribution in [0.1, 0.15) is 5.56 Å². The van der Waals surface area contributed by atoms with E-state index in [0.29, 0.717) is 22.9 Å². The predicted octanol–water partition coefficient (Wildman–Crippen LogP) is 2.67. The first-order valence-corrected chi connectivity index (χ1v) is 5.21. The van der Waals surface area contributed by atoms with Gasteiger partial charge in [0.05, 0.1) is 10.5 Å². The minimum Gasteiger partial charge on any atom is -0.438 e. The second-order valence-corrected chi connectivity index (χ2v) is 3.69. The Morgan fingerprint density at radius 2 is 2.17 bits per heavy atom. The lowest BCUT2D eigenvalue weighted by atomic mass is 10.2. The molecular formula is C12H11N3O3. The fraction of sp³-hybridized carbons (Fsp3) is 0.0833. The summed E-state index contributed by atoms with van der Waals surface area (Å²) >= 11 is 0. The summed E-state index contributed by atoms with van der Waals surface area (Å²) in [6, 6.07) is 7.82. The lowest BCUT2D eigenvalue weighted by molar-refractivity contribution is -0.385. The number of anilines is 1. The molecule has 0 radical (unpaired) electrons. The highest BCUT2D eigenvalue weighted by molar-refractivity contribution is 5.50. The van der Waals surface area contributed by atoms with E-state index < -0.39 is 4.92 Å². The molecule has 0 aliphatic rings. The van der Waals surface area contributed by atoms with Crippen molar-refractivity contribution in [1.29, 1.82) is 0 Å². The zero-order valence-electron chi connectivity index (χ0n) is 9.66. The predicted molar refractivity (Wildman–Crippen MR) is 66.6 cm³/mol. The van der Waals surface area contributed by atoms with Gasteiger partial charge in [0.1, 0.15) is 5.75 Å². The fourth-order valence-electron chi connectivity index (χ4n) is 1.50. The number of ether oxygens (including phenoxy) is 1. The highest BCUT2D eigenvalue weighted by Crippen LogP contribution is 2.30. The second-order valence-electron chi connectivity index (χ2n) is 3.69. The molecule has 92 valence electrons. The molecule has 0 fully saturated rings. The van der Waals surface area contributed by atoms with Crippen LogP contribution in [0.5, 0.6) is 11.6 Å². The Hall–Kier alpha value is -2.63. The molecule has 1 aromatic heterocycles. The number of aromatic nitrogens is 1. The van der Waals surface area contributed by atoms with E-state index in [1.807, 2.05) is 0 Å². The fourth-order valence-corrected chi connectivity index (χ4v) is 1.50. The van der Waals surface area contributed by atoms with Crippen molar-refractivity contribution in [3.63, 3.8) is 0 Å². The third-order valence-electron chi connectivity index (χ3n) is 2.43. The van der Waals surface area contributed by atoms with Crippen molar-refractivity contribution in [3.8, 4) is 11.6 Å². The number of nitrogens with two attached hydrogens (primary N) is 1. The molecule has 0 saturated heterocycles. The van der Waals surface area contributed by atoms with E-state index in [1.54, 1.807) is 31.2 Å². The summed E-state index contributed by atoms with van der Waals surface area (Å²) in [7, 11) is 0. The molecule has 0 spiro atoms. The summed E-state index contributed by atoms with van der Waals surface area (Å²) in [5, 5.41) is 10.8. The normalized spacial score (nSPS) is 10.1. The van der Waals surface area contributed by atoms with E-state index in [2.05, 4.69) is 4.98 Å². The van der Waals surface area contributed by atoms with Crippen LogP contribution >= 0.6 is 0 Å². The van der Waals surface area contributed by atoms with E-state index in [0.717, 1.165) is 0 Å². The lowest BCUT2D eigenvalue weighted by Gasteiger charge is -2.08. The number of nitro groups is 1. The van der Waals surface area contributed by atoms with Crippen LogP contribution in [-0.2, 0) is 0 Å². The summed E-state index contributed by atoms with van der Waals surface area (Å²) in [6.07, 6.45) is 1.51. The van der Waals surface area contributed by atoms with Gasteiger partial charge in [-0.25, -0.2) is 4.98 Å². The largest absolute Gasteiger partial charge is 0.438 e. The van der Waals surface area contributed by atoms with E-state index in [1.165, 1.54) is 12.3 Å². The molecule has 0 unspecified atom stereocenters. The molecule has 6 nitrogen and oxygen atoms in total. The molecule has 1 aromatic carbocycles. The van der Waals surface area contributed by atoms with Gasteiger partial charge in [-0.15, -0.1) is 0 Å². The van der Waals surface area contributed by atoms with Gasteiger partial charge in [0, 0.05) is 24.0 Å². The number of hydrogen-bond acceptors (Lipinski definition) is 5. The van der Waals surface area contributed by atoms with Gasteiger partial charge < -0.3 is 10.5 Å². The average Bonchev–Trinajstić information content (AvgIpc) is 2.31. The molecular weight excluding hydrogens is 234 g/mol. The van der Waals surface area contributed by atoms with E-state index >= 15 is 0 Å². The SMILES string of the molecule is Cc1c(Oc2cc(N)ccn2)cccc1[N+](=O)[O-]. The first kappa shape index (κ1) is 11.8. The van der Waals surface area contributed by atoms with Gasteiger partial charge in [-0.05, 0) is 19.1 Å². The van der Waals surface area contributed by atoms with Crippen LogP contribution in [0.4, 0.5) is 11.4 Å². The van der Waals surface area contributed by atoms with Gasteiger partial charge in [0.15, 0.2) is 0 Å². The van der Waals surface area contributed by atoms with Crippen LogP contribution in [0.25, 0.3) is 0 Å². The molecule has 0 aliphatic carbocycles. The van der Waals surface area contributed by atoms with Crippen LogP contribution < -0.4 is 10.5 Å². The zero-order chi connectivity index (χ0) is 13.1. The molecule has 0 amide bonds. The van der Waals surface area contributed by atoms with Crippen molar-refractivity contribution < 1.29 is 9.66 Å². The van der Waals surface area contributed by atoms with Crippen molar-refractivity contribution >= 4 is 11.4 Å². The molecule has 0 atom stereocenters. The Kier molecular flexibility index (Phi) is 3.09.